The van der Waals surface area contributed by atoms with Crippen LogP contribution in [0, 0.1) is 11.3 Å². The highest BCUT2D eigenvalue weighted by Crippen LogP contribution is 2.27. The molecule has 0 amide bonds. The van der Waals surface area contributed by atoms with Gasteiger partial charge in [-0.3, -0.25) is 0 Å². The molecule has 0 bridgehead atoms. The third kappa shape index (κ3) is 2.65. The van der Waals surface area contributed by atoms with Gasteiger partial charge in [0.05, 0.1) is 17.7 Å². The van der Waals surface area contributed by atoms with Gasteiger partial charge in [-0.15, -0.1) is 0 Å². The first kappa shape index (κ1) is 12.1. The fraction of sp³-hybridized carbons (Fsp3) is 0.143. The summed E-state index contributed by atoms with van der Waals surface area (Å²) in [6, 6.07) is 12.3. The van der Waals surface area contributed by atoms with Crippen molar-refractivity contribution in [2.75, 3.05) is 0 Å². The van der Waals surface area contributed by atoms with Gasteiger partial charge in [0.25, 0.3) is 0 Å². The maximum atomic E-state index is 9.60. The van der Waals surface area contributed by atoms with Gasteiger partial charge >= 0.3 is 0 Å². The molecular weight excluding hydrogens is 228 g/mol. The smallest absolute Gasteiger partial charge is 0.225 e. The summed E-state index contributed by atoms with van der Waals surface area (Å²) in [7, 11) is 0. The predicted octanol–water partition coefficient (Wildman–Crippen LogP) is 2.80. The largest absolute Gasteiger partial charge is 0.439 e. The molecule has 0 unspecified atom stereocenters. The molecule has 1 N–H and O–H groups in total. The van der Waals surface area contributed by atoms with Crippen LogP contribution in [0.4, 0.5) is 0 Å². The van der Waals surface area contributed by atoms with Crippen molar-refractivity contribution in [2.45, 2.75) is 13.0 Å². The lowest BCUT2D eigenvalue weighted by atomic mass is 10.2. The Balaban J connectivity index is 2.26. The van der Waals surface area contributed by atoms with Crippen LogP contribution in [0.3, 0.4) is 0 Å². The molecule has 0 aliphatic carbocycles. The van der Waals surface area contributed by atoms with Crippen molar-refractivity contribution in [2.24, 2.45) is 0 Å². The molecule has 0 saturated carbocycles. The molecule has 0 fully saturated rings. The van der Waals surface area contributed by atoms with Crippen LogP contribution in [-0.4, -0.2) is 10.1 Å². The van der Waals surface area contributed by atoms with E-state index in [1.165, 1.54) is 0 Å². The van der Waals surface area contributed by atoms with Crippen LogP contribution in [0.1, 0.15) is 24.2 Å². The first-order valence-corrected chi connectivity index (χ1v) is 5.51. The summed E-state index contributed by atoms with van der Waals surface area (Å²) < 4.78 is 5.59. The summed E-state index contributed by atoms with van der Waals surface area (Å²) in [6.45, 7) is 1.66. The summed E-state index contributed by atoms with van der Waals surface area (Å²) in [5, 5.41) is 18.3. The highest BCUT2D eigenvalue weighted by atomic mass is 16.5. The Morgan fingerprint density at radius 3 is 2.61 bits per heavy atom. The van der Waals surface area contributed by atoms with Crippen molar-refractivity contribution in [1.82, 2.24) is 4.98 Å². The third-order valence-electron chi connectivity index (χ3n) is 2.45. The molecule has 0 radical (unpaired) electrons. The highest BCUT2D eigenvalue weighted by molar-refractivity contribution is 5.38. The maximum Gasteiger partial charge on any atom is 0.225 e. The van der Waals surface area contributed by atoms with Gasteiger partial charge in [0.2, 0.25) is 5.88 Å². The van der Waals surface area contributed by atoms with E-state index in [1.54, 1.807) is 49.5 Å². The van der Waals surface area contributed by atoms with Crippen molar-refractivity contribution in [3.63, 3.8) is 0 Å². The van der Waals surface area contributed by atoms with Gasteiger partial charge in [0.15, 0.2) is 0 Å². The van der Waals surface area contributed by atoms with Gasteiger partial charge in [0.1, 0.15) is 5.75 Å². The molecule has 0 saturated heterocycles. The molecule has 2 aromatic rings. The second-order valence-electron chi connectivity index (χ2n) is 3.81. The molecule has 0 spiro atoms. The Labute approximate surface area is 105 Å². The molecule has 0 aliphatic rings. The van der Waals surface area contributed by atoms with Crippen LogP contribution in [0.15, 0.2) is 42.6 Å². The molecule has 90 valence electrons. The maximum absolute atomic E-state index is 9.60. The lowest BCUT2D eigenvalue weighted by Gasteiger charge is -2.11. The minimum Gasteiger partial charge on any atom is -0.439 e. The average molecular weight is 240 g/mol. The number of ether oxygens (including phenoxy) is 1. The van der Waals surface area contributed by atoms with E-state index in [9.17, 15) is 5.11 Å². The Hall–Kier alpha value is -2.38. The molecule has 2 rings (SSSR count). The van der Waals surface area contributed by atoms with Gasteiger partial charge in [-0.1, -0.05) is 0 Å². The zero-order chi connectivity index (χ0) is 13.0. The van der Waals surface area contributed by atoms with Gasteiger partial charge in [0, 0.05) is 11.8 Å². The fourth-order valence-corrected chi connectivity index (χ4v) is 1.52. The van der Waals surface area contributed by atoms with Crippen molar-refractivity contribution in [3.05, 3.63) is 53.7 Å². The van der Waals surface area contributed by atoms with Gasteiger partial charge in [-0.2, -0.15) is 5.26 Å². The molecule has 18 heavy (non-hydrogen) atoms. The number of hydrogen-bond acceptors (Lipinski definition) is 4. The molecule has 0 aliphatic heterocycles. The molecule has 4 heteroatoms. The topological polar surface area (TPSA) is 66.1 Å². The Morgan fingerprint density at radius 1 is 1.28 bits per heavy atom. The normalized spacial score (nSPS) is 11.6. The van der Waals surface area contributed by atoms with Crippen molar-refractivity contribution >= 4 is 0 Å². The van der Waals surface area contributed by atoms with Gasteiger partial charge in [-0.25, -0.2) is 4.98 Å². The lowest BCUT2D eigenvalue weighted by molar-refractivity contribution is 0.194. The predicted molar refractivity (Wildman–Crippen MR) is 66.1 cm³/mol. The third-order valence-corrected chi connectivity index (χ3v) is 2.45. The number of benzene rings is 1. The minimum absolute atomic E-state index is 0.372. The van der Waals surface area contributed by atoms with Crippen molar-refractivity contribution < 1.29 is 9.84 Å². The average Bonchev–Trinajstić information content (AvgIpc) is 2.40. The molecule has 1 aromatic carbocycles. The number of aliphatic hydroxyl groups excluding tert-OH is 1. The van der Waals surface area contributed by atoms with Crippen molar-refractivity contribution in [1.29, 1.82) is 5.26 Å². The van der Waals surface area contributed by atoms with E-state index < -0.39 is 6.10 Å². The lowest BCUT2D eigenvalue weighted by Crippen LogP contribution is -1.98. The summed E-state index contributed by atoms with van der Waals surface area (Å²) >= 11 is 0. The van der Waals surface area contributed by atoms with Crippen LogP contribution in [0.25, 0.3) is 0 Å². The van der Waals surface area contributed by atoms with Gasteiger partial charge < -0.3 is 9.84 Å². The zero-order valence-corrected chi connectivity index (χ0v) is 9.87. The number of nitriles is 1. The molecule has 1 aromatic heterocycles. The second-order valence-corrected chi connectivity index (χ2v) is 3.81. The molecule has 1 atom stereocenters. The minimum atomic E-state index is -0.646. The van der Waals surface area contributed by atoms with Crippen LogP contribution < -0.4 is 4.74 Å². The van der Waals surface area contributed by atoms with Crippen LogP contribution in [-0.2, 0) is 0 Å². The van der Waals surface area contributed by atoms with E-state index in [0.29, 0.717) is 22.8 Å². The molecular formula is C14H12N2O2. The van der Waals surface area contributed by atoms with E-state index in [1.807, 2.05) is 6.07 Å². The van der Waals surface area contributed by atoms with E-state index in [-0.39, 0.29) is 0 Å². The summed E-state index contributed by atoms with van der Waals surface area (Å²) in [5.41, 5.74) is 1.20. The van der Waals surface area contributed by atoms with Crippen LogP contribution in [0.2, 0.25) is 0 Å². The summed E-state index contributed by atoms with van der Waals surface area (Å²) in [5.74, 6) is 0.951. The monoisotopic (exact) mass is 240 g/mol. The summed E-state index contributed by atoms with van der Waals surface area (Å²) in [4.78, 5) is 4.09. The first-order valence-electron chi connectivity index (χ1n) is 5.51. The quantitative estimate of drug-likeness (QED) is 0.895. The number of aliphatic hydroxyl groups is 1. The number of rotatable bonds is 3. The zero-order valence-electron chi connectivity index (χ0n) is 9.87. The summed E-state index contributed by atoms with van der Waals surface area (Å²) in [6.07, 6.45) is 0.956. The van der Waals surface area contributed by atoms with E-state index in [2.05, 4.69) is 4.98 Å². The SMILES string of the molecule is C[C@H](O)c1cccnc1Oc1ccc(C#N)cc1. The van der Waals surface area contributed by atoms with E-state index in [0.717, 1.165) is 0 Å². The van der Waals surface area contributed by atoms with Crippen LogP contribution in [0.5, 0.6) is 11.6 Å². The van der Waals surface area contributed by atoms with Crippen LogP contribution >= 0.6 is 0 Å². The van der Waals surface area contributed by atoms with E-state index in [4.69, 9.17) is 10.00 Å². The molecule has 1 heterocycles. The first-order chi connectivity index (χ1) is 8.70. The Bertz CT molecular complexity index is 571. The number of hydrogen-bond donors (Lipinski definition) is 1. The van der Waals surface area contributed by atoms with Crippen molar-refractivity contribution in [3.8, 4) is 17.7 Å². The van der Waals surface area contributed by atoms with E-state index >= 15 is 0 Å². The number of aromatic nitrogens is 1. The Kier molecular flexibility index (Phi) is 3.56. The highest BCUT2D eigenvalue weighted by Gasteiger charge is 2.10. The standard InChI is InChI=1S/C14H12N2O2/c1-10(17)13-3-2-8-16-14(13)18-12-6-4-11(9-15)5-7-12/h2-8,10,17H,1H3/t10-/m0/s1. The second kappa shape index (κ2) is 5.30. The fourth-order valence-electron chi connectivity index (χ4n) is 1.52. The number of pyridine rings is 1. The number of nitrogens with zero attached hydrogens (tertiary/aromatic N) is 2. The van der Waals surface area contributed by atoms with Gasteiger partial charge in [-0.05, 0) is 43.3 Å². The Morgan fingerprint density at radius 2 is 2.00 bits per heavy atom. The molecule has 4 nitrogen and oxygen atoms in total.